The first-order chi connectivity index (χ1) is 16.2. The van der Waals surface area contributed by atoms with Crippen LogP contribution in [0.5, 0.6) is 0 Å². The van der Waals surface area contributed by atoms with E-state index in [1.165, 1.54) is 73.1 Å². The summed E-state index contributed by atoms with van der Waals surface area (Å²) in [6.07, 6.45) is 2.97. The van der Waals surface area contributed by atoms with E-state index in [-0.39, 0.29) is 59.2 Å². The molecular formula is C22H20CaN6O4S2. The second kappa shape index (κ2) is 12.7. The molecule has 0 bridgehead atoms. The topological polar surface area (TPSA) is 174 Å². The van der Waals surface area contributed by atoms with Crippen LogP contribution in [-0.4, -0.2) is 64.5 Å². The summed E-state index contributed by atoms with van der Waals surface area (Å²) < 4.78 is 54.7. The number of hydrogen-bond donors (Lipinski definition) is 2. The van der Waals surface area contributed by atoms with Gasteiger partial charge < -0.3 is 30.9 Å². The number of rotatable bonds is 6. The normalized spacial score (nSPS) is 10.7. The molecule has 2 heterocycles. The number of pyridine rings is 2. The Kier molecular flexibility index (Phi) is 10.3. The van der Waals surface area contributed by atoms with Crippen LogP contribution in [0.1, 0.15) is 0 Å². The van der Waals surface area contributed by atoms with Gasteiger partial charge in [0.15, 0.2) is 0 Å². The summed E-state index contributed by atoms with van der Waals surface area (Å²) in [5, 5.41) is 0. The average molecular weight is 537 g/mol. The van der Waals surface area contributed by atoms with Gasteiger partial charge in [0.05, 0.1) is 9.79 Å². The van der Waals surface area contributed by atoms with Crippen molar-refractivity contribution in [1.29, 1.82) is 0 Å². The zero-order valence-electron chi connectivity index (χ0n) is 18.3. The molecule has 0 radical (unpaired) electrons. The second-order valence-corrected chi connectivity index (χ2v) is 9.85. The number of nitrogen functional groups attached to an aromatic ring is 2. The smallest absolute Gasteiger partial charge is 0.442 e. The molecule has 13 heteroatoms. The summed E-state index contributed by atoms with van der Waals surface area (Å²) in [5.74, 6) is 0.314. The van der Waals surface area contributed by atoms with Crippen molar-refractivity contribution in [2.75, 3.05) is 11.5 Å². The predicted octanol–water partition coefficient (Wildman–Crippen LogP) is 3.74. The third-order valence-electron chi connectivity index (χ3n) is 4.08. The average Bonchev–Trinajstić information content (AvgIpc) is 2.81. The number of nitrogens with zero attached hydrogens (tertiary/aromatic N) is 4. The van der Waals surface area contributed by atoms with Crippen LogP contribution in [0, 0.1) is 0 Å². The SMILES string of the molecule is Nc1ccc(S(=O)(=O)[N-]c2ccccn2)cc1.Nc1ccc(S(=O)(=O)[N-]c2ccccn2)cc1.[Ca+2]. The van der Waals surface area contributed by atoms with Gasteiger partial charge >= 0.3 is 37.7 Å². The third-order valence-corrected chi connectivity index (χ3v) is 6.67. The first-order valence-electron chi connectivity index (χ1n) is 9.65. The molecule has 2 aromatic heterocycles. The third kappa shape index (κ3) is 8.67. The van der Waals surface area contributed by atoms with Gasteiger partial charge in [-0.15, -0.1) is 0 Å². The molecule has 0 atom stereocenters. The van der Waals surface area contributed by atoms with Crippen molar-refractivity contribution in [2.24, 2.45) is 0 Å². The van der Waals surface area contributed by atoms with Crippen LogP contribution in [0.4, 0.5) is 23.0 Å². The molecule has 0 saturated heterocycles. The van der Waals surface area contributed by atoms with E-state index in [9.17, 15) is 16.8 Å². The number of benzene rings is 2. The Hall–Kier alpha value is -2.90. The van der Waals surface area contributed by atoms with Crippen molar-refractivity contribution in [3.63, 3.8) is 0 Å². The molecule has 10 nitrogen and oxygen atoms in total. The van der Waals surface area contributed by atoms with Crippen LogP contribution in [-0.2, 0) is 20.0 Å². The summed E-state index contributed by atoms with van der Waals surface area (Å²) in [6.45, 7) is 0. The number of nitrogens with two attached hydrogens (primary N) is 2. The molecule has 0 saturated carbocycles. The minimum Gasteiger partial charge on any atom is -0.442 e. The van der Waals surface area contributed by atoms with Crippen molar-refractivity contribution >= 4 is 80.8 Å². The van der Waals surface area contributed by atoms with Gasteiger partial charge in [-0.05, 0) is 60.2 Å². The fraction of sp³-hybridized carbons (Fsp3) is 0. The maximum atomic E-state index is 11.9. The summed E-state index contributed by atoms with van der Waals surface area (Å²) >= 11 is 0. The Balaban J connectivity index is 0.000000240. The zero-order chi connectivity index (χ0) is 24.6. The van der Waals surface area contributed by atoms with Gasteiger partial charge in [0.25, 0.3) is 0 Å². The second-order valence-electron chi connectivity index (χ2n) is 6.65. The van der Waals surface area contributed by atoms with Crippen LogP contribution < -0.4 is 11.5 Å². The standard InChI is InChI=1S/2C11H10N3O2S.Ca/c2*12-9-4-6-10(7-5-9)17(15,16)14-11-3-1-2-8-13-11;/h2*1-8H,12H2;/q2*-1;+2. The van der Waals surface area contributed by atoms with E-state index in [4.69, 9.17) is 11.5 Å². The fourth-order valence-corrected chi connectivity index (χ4v) is 4.33. The van der Waals surface area contributed by atoms with Gasteiger partial charge in [0.2, 0.25) is 20.0 Å². The Morgan fingerprint density at radius 2 is 0.886 bits per heavy atom. The van der Waals surface area contributed by atoms with Crippen molar-refractivity contribution in [2.45, 2.75) is 9.79 Å². The van der Waals surface area contributed by atoms with Gasteiger partial charge in [-0.25, -0.2) is 16.8 Å². The van der Waals surface area contributed by atoms with Crippen molar-refractivity contribution in [3.8, 4) is 0 Å². The zero-order valence-corrected chi connectivity index (χ0v) is 22.2. The maximum absolute atomic E-state index is 11.9. The fourth-order valence-electron chi connectivity index (χ4n) is 2.45. The molecule has 0 spiro atoms. The Morgan fingerprint density at radius 1 is 0.543 bits per heavy atom. The minimum absolute atomic E-state index is 0. The van der Waals surface area contributed by atoms with E-state index in [0.29, 0.717) is 11.4 Å². The molecule has 2 aromatic carbocycles. The molecular weight excluding hydrogens is 516 g/mol. The molecule has 0 unspecified atom stereocenters. The quantitative estimate of drug-likeness (QED) is 0.277. The molecule has 0 fully saturated rings. The predicted molar refractivity (Wildman–Crippen MR) is 136 cm³/mol. The van der Waals surface area contributed by atoms with Gasteiger partial charge in [0, 0.05) is 11.4 Å². The molecule has 0 amide bonds. The Bertz CT molecular complexity index is 1310. The minimum atomic E-state index is -3.72. The van der Waals surface area contributed by atoms with E-state index in [1.807, 2.05) is 0 Å². The van der Waals surface area contributed by atoms with E-state index < -0.39 is 20.0 Å². The first kappa shape index (κ1) is 28.3. The largest absolute Gasteiger partial charge is 2.00 e. The summed E-state index contributed by atoms with van der Waals surface area (Å²) in [6, 6.07) is 21.5. The number of hydrogen-bond acceptors (Lipinski definition) is 8. The first-order valence-corrected chi connectivity index (χ1v) is 12.5. The Morgan fingerprint density at radius 3 is 1.17 bits per heavy atom. The van der Waals surface area contributed by atoms with Gasteiger partial charge in [-0.2, -0.15) is 0 Å². The van der Waals surface area contributed by atoms with Gasteiger partial charge in [0.1, 0.15) is 0 Å². The monoisotopic (exact) mass is 536 g/mol. The molecule has 35 heavy (non-hydrogen) atoms. The molecule has 4 aromatic rings. The molecule has 4 rings (SSSR count). The summed E-state index contributed by atoms with van der Waals surface area (Å²) in [4.78, 5) is 7.86. The molecule has 176 valence electrons. The van der Waals surface area contributed by atoms with Crippen molar-refractivity contribution in [1.82, 2.24) is 9.97 Å². The van der Waals surface area contributed by atoms with Crippen LogP contribution in [0.25, 0.3) is 9.44 Å². The molecule has 0 aliphatic rings. The van der Waals surface area contributed by atoms with E-state index in [2.05, 4.69) is 19.4 Å². The van der Waals surface area contributed by atoms with E-state index in [0.717, 1.165) is 0 Å². The van der Waals surface area contributed by atoms with Crippen LogP contribution in [0.3, 0.4) is 0 Å². The summed E-state index contributed by atoms with van der Waals surface area (Å²) in [7, 11) is -7.45. The molecule has 0 aliphatic heterocycles. The van der Waals surface area contributed by atoms with Crippen molar-refractivity contribution < 1.29 is 16.8 Å². The van der Waals surface area contributed by atoms with E-state index >= 15 is 0 Å². The van der Waals surface area contributed by atoms with Gasteiger partial charge in [-0.1, -0.05) is 48.8 Å². The van der Waals surface area contributed by atoms with Gasteiger partial charge in [-0.3, -0.25) is 0 Å². The number of anilines is 2. The molecule has 4 N–H and O–H groups in total. The van der Waals surface area contributed by atoms with Crippen LogP contribution in [0.15, 0.2) is 107 Å². The van der Waals surface area contributed by atoms with Crippen molar-refractivity contribution in [3.05, 3.63) is 107 Å². The van der Waals surface area contributed by atoms with E-state index in [1.54, 1.807) is 24.3 Å². The Labute approximate surface area is 233 Å². The maximum Gasteiger partial charge on any atom is 2.00 e. The van der Waals surface area contributed by atoms with Crippen LogP contribution in [0.2, 0.25) is 0 Å². The number of sulfonamides is 2. The van der Waals surface area contributed by atoms with Crippen LogP contribution >= 0.6 is 0 Å². The summed E-state index contributed by atoms with van der Waals surface area (Å²) in [5.41, 5.74) is 12.0. The number of aromatic nitrogens is 2. The molecule has 0 aliphatic carbocycles.